The first-order valence-electron chi connectivity index (χ1n) is 16.5. The van der Waals surface area contributed by atoms with Crippen molar-refractivity contribution in [3.8, 4) is 11.4 Å². The number of carbonyl (C=O) groups is 2. The Kier molecular flexibility index (Phi) is 8.08. The number of aromatic amines is 1. The molecular weight excluding hydrogens is 632 g/mol. The van der Waals surface area contributed by atoms with E-state index in [1.807, 2.05) is 55.5 Å². The van der Waals surface area contributed by atoms with Crippen molar-refractivity contribution < 1.29 is 28.3 Å². The van der Waals surface area contributed by atoms with Gasteiger partial charge in [0.1, 0.15) is 5.75 Å². The Hall–Kier alpha value is -4.26. The van der Waals surface area contributed by atoms with Crippen molar-refractivity contribution >= 4 is 36.8 Å². The molecule has 3 aliphatic rings. The standard InChI is InChI=1S/C36H41FN4O6Si/c1-22-33(48(3,4)37)31(19-32(43)39-17-7-8-25(39)21-42)47-36(22)28-18-26(46-2)15-16-30(28)40(35(36)45)20-23-11-13-24(14-12-23)41-34(44)27-9-5-6-10-29(27)38-41/h5-6,9-16,18,22,25,31,33,38,42H,7-8,17,19-21H2,1-4H3/t22-,25+,31+,33-,36+/m1/s1. The second-order valence-electron chi connectivity index (χ2n) is 13.8. The summed E-state index contributed by atoms with van der Waals surface area (Å²) in [6.07, 6.45) is 0.654. The van der Waals surface area contributed by atoms with Gasteiger partial charge < -0.3 is 28.5 Å². The summed E-state index contributed by atoms with van der Waals surface area (Å²) in [6, 6.07) is 19.9. The number of hydrogen-bond acceptors (Lipinski definition) is 6. The number of aliphatic hydroxyl groups is 1. The normalized spacial score (nSPS) is 25.4. The number of benzene rings is 3. The first-order valence-corrected chi connectivity index (χ1v) is 19.5. The molecule has 2 fully saturated rings. The van der Waals surface area contributed by atoms with Gasteiger partial charge in [0.05, 0.1) is 61.1 Å². The number of amides is 2. The van der Waals surface area contributed by atoms with Gasteiger partial charge >= 0.3 is 0 Å². The topological polar surface area (TPSA) is 117 Å². The van der Waals surface area contributed by atoms with Crippen LogP contribution >= 0.6 is 0 Å². The van der Waals surface area contributed by atoms with E-state index in [9.17, 15) is 19.5 Å². The van der Waals surface area contributed by atoms with Gasteiger partial charge in [0.2, 0.25) is 14.3 Å². The number of halogens is 1. The number of fused-ring (bicyclic) bond motifs is 3. The molecule has 0 radical (unpaired) electrons. The molecule has 0 aliphatic carbocycles. The first-order chi connectivity index (χ1) is 23.0. The molecule has 4 aromatic rings. The predicted molar refractivity (Wildman–Crippen MR) is 183 cm³/mol. The van der Waals surface area contributed by atoms with Crippen molar-refractivity contribution in [3.05, 3.63) is 88.2 Å². The van der Waals surface area contributed by atoms with Crippen LogP contribution in [0.1, 0.15) is 37.3 Å². The molecule has 7 rings (SSSR count). The highest BCUT2D eigenvalue weighted by atomic mass is 28.4. The van der Waals surface area contributed by atoms with Crippen LogP contribution in [0.15, 0.2) is 71.5 Å². The lowest BCUT2D eigenvalue weighted by molar-refractivity contribution is -0.150. The zero-order valence-electron chi connectivity index (χ0n) is 27.6. The molecule has 2 N–H and O–H groups in total. The molecule has 252 valence electrons. The number of ether oxygens (including phenoxy) is 2. The number of nitrogens with zero attached hydrogens (tertiary/aromatic N) is 3. The maximum Gasteiger partial charge on any atom is 0.279 e. The number of likely N-dealkylation sites (tertiary alicyclic amines) is 1. The maximum absolute atomic E-state index is 16.3. The molecule has 3 aromatic carbocycles. The lowest BCUT2D eigenvalue weighted by Gasteiger charge is -2.31. The van der Waals surface area contributed by atoms with Gasteiger partial charge in [0, 0.05) is 23.6 Å². The van der Waals surface area contributed by atoms with E-state index in [0.717, 1.165) is 23.9 Å². The number of aromatic nitrogens is 2. The summed E-state index contributed by atoms with van der Waals surface area (Å²) < 4.78 is 30.1. The molecule has 4 heterocycles. The highest BCUT2D eigenvalue weighted by molar-refractivity contribution is 6.72. The predicted octanol–water partition coefficient (Wildman–Crippen LogP) is 5.02. The van der Waals surface area contributed by atoms with Crippen LogP contribution in [0.25, 0.3) is 16.6 Å². The Morgan fingerprint density at radius 2 is 1.88 bits per heavy atom. The molecule has 2 saturated heterocycles. The van der Waals surface area contributed by atoms with E-state index < -0.39 is 31.6 Å². The van der Waals surface area contributed by atoms with Gasteiger partial charge in [0.25, 0.3) is 11.5 Å². The van der Waals surface area contributed by atoms with Gasteiger partial charge in [0.15, 0.2) is 5.60 Å². The summed E-state index contributed by atoms with van der Waals surface area (Å²) >= 11 is 0. The van der Waals surface area contributed by atoms with Gasteiger partial charge in [-0.15, -0.1) is 0 Å². The van der Waals surface area contributed by atoms with E-state index in [-0.39, 0.29) is 43.0 Å². The van der Waals surface area contributed by atoms with Gasteiger partial charge in [-0.2, -0.15) is 0 Å². The van der Waals surface area contributed by atoms with E-state index in [4.69, 9.17) is 9.47 Å². The highest BCUT2D eigenvalue weighted by Crippen LogP contribution is 2.60. The molecule has 12 heteroatoms. The number of rotatable bonds is 8. The van der Waals surface area contributed by atoms with E-state index >= 15 is 4.11 Å². The molecule has 5 atom stereocenters. The van der Waals surface area contributed by atoms with Crippen LogP contribution in [0.2, 0.25) is 18.6 Å². The van der Waals surface area contributed by atoms with Gasteiger partial charge in [-0.3, -0.25) is 19.5 Å². The summed E-state index contributed by atoms with van der Waals surface area (Å²) in [6.45, 7) is 5.74. The van der Waals surface area contributed by atoms with E-state index in [1.54, 1.807) is 48.2 Å². The summed E-state index contributed by atoms with van der Waals surface area (Å²) in [5, 5.41) is 13.6. The smallest absolute Gasteiger partial charge is 0.279 e. The molecule has 1 spiro atoms. The lowest BCUT2D eigenvalue weighted by atomic mass is 9.82. The average molecular weight is 673 g/mol. The number of nitrogens with one attached hydrogen (secondary N) is 1. The Morgan fingerprint density at radius 3 is 2.56 bits per heavy atom. The number of hydrogen-bond donors (Lipinski definition) is 2. The Labute approximate surface area is 279 Å². The second-order valence-corrected chi connectivity index (χ2v) is 17.6. The first kappa shape index (κ1) is 32.3. The fourth-order valence-electron chi connectivity index (χ4n) is 8.33. The minimum absolute atomic E-state index is 0.0607. The zero-order chi connectivity index (χ0) is 34.0. The van der Waals surface area contributed by atoms with Gasteiger partial charge in [-0.05, 0) is 74.0 Å². The monoisotopic (exact) mass is 672 g/mol. The fourth-order valence-corrected chi connectivity index (χ4v) is 10.8. The number of aliphatic hydroxyl groups excluding tert-OH is 1. The Morgan fingerprint density at radius 1 is 1.12 bits per heavy atom. The van der Waals surface area contributed by atoms with E-state index in [0.29, 0.717) is 34.6 Å². The Bertz CT molecular complexity index is 1940. The van der Waals surface area contributed by atoms with Crippen molar-refractivity contribution in [1.82, 2.24) is 14.7 Å². The molecule has 0 unspecified atom stereocenters. The second kappa shape index (κ2) is 12.0. The zero-order valence-corrected chi connectivity index (χ0v) is 28.6. The minimum atomic E-state index is -3.48. The lowest BCUT2D eigenvalue weighted by Crippen LogP contribution is -2.45. The summed E-state index contributed by atoms with van der Waals surface area (Å²) in [7, 11) is -1.93. The number of H-pyrrole nitrogens is 1. The van der Waals surface area contributed by atoms with Crippen molar-refractivity contribution in [2.24, 2.45) is 5.92 Å². The third-order valence-electron chi connectivity index (χ3n) is 10.6. The average Bonchev–Trinajstić information content (AvgIpc) is 3.81. The molecule has 3 aliphatic heterocycles. The number of carbonyl (C=O) groups excluding carboxylic acids is 2. The van der Waals surface area contributed by atoms with Crippen LogP contribution in [0.5, 0.6) is 5.75 Å². The third kappa shape index (κ3) is 5.08. The van der Waals surface area contributed by atoms with Crippen LogP contribution < -0.4 is 15.2 Å². The van der Waals surface area contributed by atoms with Crippen LogP contribution in [0.4, 0.5) is 9.80 Å². The van der Waals surface area contributed by atoms with Gasteiger partial charge in [-0.25, -0.2) is 4.68 Å². The Balaban J connectivity index is 1.22. The van der Waals surface area contributed by atoms with Crippen LogP contribution in [-0.2, 0) is 26.5 Å². The summed E-state index contributed by atoms with van der Waals surface area (Å²) in [5.41, 5.74) is 1.19. The maximum atomic E-state index is 16.3. The van der Waals surface area contributed by atoms with Crippen molar-refractivity contribution in [3.63, 3.8) is 0 Å². The number of methoxy groups -OCH3 is 1. The summed E-state index contributed by atoms with van der Waals surface area (Å²) in [5.74, 6) is -0.510. The van der Waals surface area contributed by atoms with Crippen LogP contribution in [-0.4, -0.2) is 72.4 Å². The quantitative estimate of drug-likeness (QED) is 0.201. The van der Waals surface area contributed by atoms with E-state index in [2.05, 4.69) is 5.10 Å². The molecule has 0 saturated carbocycles. The van der Waals surface area contributed by atoms with Crippen molar-refractivity contribution in [2.75, 3.05) is 25.2 Å². The SMILES string of the molecule is COc1ccc2c(c1)[C@]1(O[C@@H](CC(=O)N3CCC[C@H]3CO)[C@H]([Si](C)(C)F)[C@H]1C)C(=O)N2Cc1ccc(-n2[nH]c3ccccc3c2=O)cc1. The molecule has 10 nitrogen and oxygen atoms in total. The van der Waals surface area contributed by atoms with Crippen molar-refractivity contribution in [1.29, 1.82) is 0 Å². The van der Waals surface area contributed by atoms with Crippen LogP contribution in [0.3, 0.4) is 0 Å². The minimum Gasteiger partial charge on any atom is -0.497 e. The largest absolute Gasteiger partial charge is 0.497 e. The summed E-state index contributed by atoms with van der Waals surface area (Å²) in [4.78, 5) is 44.7. The molecule has 2 amide bonds. The molecular formula is C36H41FN4O6Si. The fraction of sp³-hybridized carbons (Fsp3) is 0.417. The van der Waals surface area contributed by atoms with Crippen molar-refractivity contribution in [2.45, 2.75) is 69.1 Å². The van der Waals surface area contributed by atoms with Crippen LogP contribution in [0, 0.1) is 5.92 Å². The van der Waals surface area contributed by atoms with Gasteiger partial charge in [-0.1, -0.05) is 31.2 Å². The third-order valence-corrected chi connectivity index (χ3v) is 13.0. The highest BCUT2D eigenvalue weighted by Gasteiger charge is 2.67. The molecule has 0 bridgehead atoms. The number of para-hydroxylation sites is 1. The van der Waals surface area contributed by atoms with E-state index in [1.165, 1.54) is 4.68 Å². The molecule has 1 aromatic heterocycles. The molecule has 48 heavy (non-hydrogen) atoms. The number of anilines is 1.